The van der Waals surface area contributed by atoms with Crippen LogP contribution in [0.25, 0.3) is 0 Å². The first kappa shape index (κ1) is 15.5. The van der Waals surface area contributed by atoms with E-state index in [2.05, 4.69) is 20.7 Å². The summed E-state index contributed by atoms with van der Waals surface area (Å²) in [5.74, 6) is 0. The molecule has 0 fully saturated rings. The fourth-order valence-corrected chi connectivity index (χ4v) is 4.89. The molecule has 3 N–H and O–H groups in total. The van der Waals surface area contributed by atoms with E-state index in [9.17, 15) is 8.42 Å². The predicted octanol–water partition coefficient (Wildman–Crippen LogP) is 3.00. The molecule has 2 aromatic rings. The summed E-state index contributed by atoms with van der Waals surface area (Å²) in [4.78, 5) is 0.198. The zero-order chi connectivity index (χ0) is 14.8. The minimum atomic E-state index is -3.56. The Morgan fingerprint density at radius 2 is 2.15 bits per heavy atom. The first-order valence-electron chi connectivity index (χ1n) is 5.97. The number of nitrogens with one attached hydrogen (secondary N) is 1. The van der Waals surface area contributed by atoms with Crippen LogP contribution < -0.4 is 10.5 Å². The highest BCUT2D eigenvalue weighted by Gasteiger charge is 2.20. The lowest BCUT2D eigenvalue weighted by Crippen LogP contribution is -2.34. The molecule has 1 aromatic carbocycles. The van der Waals surface area contributed by atoms with Crippen molar-refractivity contribution in [2.24, 2.45) is 0 Å². The van der Waals surface area contributed by atoms with Gasteiger partial charge in [0.05, 0.1) is 4.90 Å². The van der Waals surface area contributed by atoms with Crippen LogP contribution in [0.2, 0.25) is 0 Å². The third-order valence-electron chi connectivity index (χ3n) is 2.72. The van der Waals surface area contributed by atoms with Gasteiger partial charge in [-0.15, -0.1) is 0 Å². The van der Waals surface area contributed by atoms with Crippen molar-refractivity contribution in [1.29, 1.82) is 0 Å². The second-order valence-corrected chi connectivity index (χ2v) is 7.86. The number of halogens is 1. The number of rotatable bonds is 5. The van der Waals surface area contributed by atoms with Crippen molar-refractivity contribution >= 4 is 43.0 Å². The molecule has 1 atom stereocenters. The van der Waals surface area contributed by atoms with Crippen molar-refractivity contribution in [3.63, 3.8) is 0 Å². The molecule has 2 rings (SSSR count). The Bertz CT molecular complexity index is 684. The maximum atomic E-state index is 12.3. The van der Waals surface area contributed by atoms with Gasteiger partial charge in [0.1, 0.15) is 0 Å². The summed E-state index contributed by atoms with van der Waals surface area (Å²) in [5.41, 5.74) is 7.26. The van der Waals surface area contributed by atoms with Crippen LogP contribution in [0.3, 0.4) is 0 Å². The van der Waals surface area contributed by atoms with Crippen LogP contribution in [-0.2, 0) is 16.4 Å². The molecule has 1 aromatic heterocycles. The molecule has 0 aliphatic heterocycles. The Morgan fingerprint density at radius 1 is 1.40 bits per heavy atom. The Morgan fingerprint density at radius 3 is 2.75 bits per heavy atom. The largest absolute Gasteiger partial charge is 0.399 e. The molecule has 0 saturated heterocycles. The van der Waals surface area contributed by atoms with Crippen LogP contribution >= 0.6 is 27.3 Å². The van der Waals surface area contributed by atoms with Gasteiger partial charge in [-0.25, -0.2) is 13.1 Å². The van der Waals surface area contributed by atoms with Gasteiger partial charge in [-0.1, -0.05) is 0 Å². The van der Waals surface area contributed by atoms with Gasteiger partial charge in [0.25, 0.3) is 0 Å². The van der Waals surface area contributed by atoms with E-state index >= 15 is 0 Å². The Balaban J connectivity index is 2.14. The first-order chi connectivity index (χ1) is 9.38. The molecule has 0 spiro atoms. The highest BCUT2D eigenvalue weighted by molar-refractivity contribution is 9.10. The van der Waals surface area contributed by atoms with Crippen LogP contribution in [0.1, 0.15) is 12.5 Å². The molecule has 1 heterocycles. The number of nitrogen functional groups attached to an aromatic ring is 1. The summed E-state index contributed by atoms with van der Waals surface area (Å²) < 4.78 is 27.8. The normalized spacial score (nSPS) is 13.3. The molecule has 20 heavy (non-hydrogen) atoms. The van der Waals surface area contributed by atoms with Crippen LogP contribution in [0, 0.1) is 0 Å². The topological polar surface area (TPSA) is 72.2 Å². The molecule has 0 bridgehead atoms. The Labute approximate surface area is 131 Å². The van der Waals surface area contributed by atoms with E-state index < -0.39 is 10.0 Å². The van der Waals surface area contributed by atoms with Gasteiger partial charge in [0.15, 0.2) is 0 Å². The van der Waals surface area contributed by atoms with Crippen molar-refractivity contribution < 1.29 is 8.42 Å². The SMILES string of the molecule is CC(Cc1ccsc1)NS(=O)(=O)c1ccc(N)cc1Br. The molecule has 0 amide bonds. The lowest BCUT2D eigenvalue weighted by molar-refractivity contribution is 0.559. The van der Waals surface area contributed by atoms with Gasteiger partial charge in [-0.05, 0) is 69.9 Å². The average Bonchev–Trinajstić information content (AvgIpc) is 2.79. The van der Waals surface area contributed by atoms with Crippen molar-refractivity contribution in [2.45, 2.75) is 24.3 Å². The predicted molar refractivity (Wildman–Crippen MR) is 86.4 cm³/mol. The second-order valence-electron chi connectivity index (χ2n) is 4.55. The molecule has 0 radical (unpaired) electrons. The van der Waals surface area contributed by atoms with Crippen molar-refractivity contribution in [1.82, 2.24) is 4.72 Å². The summed E-state index contributed by atoms with van der Waals surface area (Å²) in [6.07, 6.45) is 0.662. The molecule has 7 heteroatoms. The number of anilines is 1. The molecule has 0 saturated carbocycles. The van der Waals surface area contributed by atoms with E-state index in [1.807, 2.05) is 23.8 Å². The fourth-order valence-electron chi connectivity index (χ4n) is 1.87. The molecule has 108 valence electrons. The maximum absolute atomic E-state index is 12.3. The highest BCUT2D eigenvalue weighted by Crippen LogP contribution is 2.24. The lowest BCUT2D eigenvalue weighted by Gasteiger charge is -2.14. The molecule has 1 unspecified atom stereocenters. The van der Waals surface area contributed by atoms with Crippen LogP contribution in [-0.4, -0.2) is 14.5 Å². The minimum Gasteiger partial charge on any atom is -0.399 e. The summed E-state index contributed by atoms with van der Waals surface area (Å²) in [7, 11) is -3.56. The number of sulfonamides is 1. The zero-order valence-corrected chi connectivity index (χ0v) is 14.1. The smallest absolute Gasteiger partial charge is 0.241 e. The molecule has 0 aliphatic rings. The molecular weight excluding hydrogens is 360 g/mol. The second kappa shape index (κ2) is 6.26. The highest BCUT2D eigenvalue weighted by atomic mass is 79.9. The van der Waals surface area contributed by atoms with E-state index in [1.165, 1.54) is 6.07 Å². The van der Waals surface area contributed by atoms with Crippen LogP contribution in [0.5, 0.6) is 0 Å². The molecule has 0 aliphatic carbocycles. The number of thiophene rings is 1. The quantitative estimate of drug-likeness (QED) is 0.790. The van der Waals surface area contributed by atoms with E-state index in [1.54, 1.807) is 23.5 Å². The zero-order valence-electron chi connectivity index (χ0n) is 10.8. The van der Waals surface area contributed by atoms with E-state index in [-0.39, 0.29) is 10.9 Å². The monoisotopic (exact) mass is 374 g/mol. The molecule has 4 nitrogen and oxygen atoms in total. The standard InChI is InChI=1S/C13H15BrN2O2S2/c1-9(6-10-4-5-19-8-10)16-20(17,18)13-3-2-11(15)7-12(13)14/h2-5,7-9,16H,6,15H2,1H3. The summed E-state index contributed by atoms with van der Waals surface area (Å²) in [5, 5.41) is 4.00. The minimum absolute atomic E-state index is 0.181. The van der Waals surface area contributed by atoms with Crippen molar-refractivity contribution in [3.8, 4) is 0 Å². The summed E-state index contributed by atoms with van der Waals surface area (Å²) in [6.45, 7) is 1.85. The number of nitrogens with two attached hydrogens (primary N) is 1. The molecular formula is C13H15BrN2O2S2. The maximum Gasteiger partial charge on any atom is 0.241 e. The Kier molecular flexibility index (Phi) is 4.85. The van der Waals surface area contributed by atoms with Gasteiger partial charge in [0, 0.05) is 16.2 Å². The lowest BCUT2D eigenvalue weighted by atomic mass is 10.1. The Hall–Kier alpha value is -0.890. The van der Waals surface area contributed by atoms with Crippen LogP contribution in [0.4, 0.5) is 5.69 Å². The van der Waals surface area contributed by atoms with Gasteiger partial charge in [0.2, 0.25) is 10.0 Å². The summed E-state index contributed by atoms with van der Waals surface area (Å²) >= 11 is 4.84. The number of benzene rings is 1. The van der Waals surface area contributed by atoms with Crippen molar-refractivity contribution in [2.75, 3.05) is 5.73 Å². The number of hydrogen-bond acceptors (Lipinski definition) is 4. The average molecular weight is 375 g/mol. The number of hydrogen-bond donors (Lipinski definition) is 2. The van der Waals surface area contributed by atoms with E-state index in [0.717, 1.165) is 5.56 Å². The van der Waals surface area contributed by atoms with Gasteiger partial charge < -0.3 is 5.73 Å². The third-order valence-corrected chi connectivity index (χ3v) is 6.02. The third kappa shape index (κ3) is 3.82. The van der Waals surface area contributed by atoms with E-state index in [4.69, 9.17) is 5.73 Å². The fraction of sp³-hybridized carbons (Fsp3) is 0.231. The van der Waals surface area contributed by atoms with E-state index in [0.29, 0.717) is 16.6 Å². The van der Waals surface area contributed by atoms with Gasteiger partial charge >= 0.3 is 0 Å². The van der Waals surface area contributed by atoms with Crippen molar-refractivity contribution in [3.05, 3.63) is 45.1 Å². The van der Waals surface area contributed by atoms with Gasteiger partial charge in [-0.3, -0.25) is 0 Å². The first-order valence-corrected chi connectivity index (χ1v) is 9.19. The summed E-state index contributed by atoms with van der Waals surface area (Å²) in [6, 6.07) is 6.47. The van der Waals surface area contributed by atoms with Gasteiger partial charge in [-0.2, -0.15) is 11.3 Å². The van der Waals surface area contributed by atoms with Crippen LogP contribution in [0.15, 0.2) is 44.4 Å².